The number of ether oxygens (including phenoxy) is 1. The van der Waals surface area contributed by atoms with Gasteiger partial charge >= 0.3 is 0 Å². The van der Waals surface area contributed by atoms with E-state index in [0.717, 1.165) is 12.5 Å². The van der Waals surface area contributed by atoms with E-state index < -0.39 is 0 Å². The quantitative estimate of drug-likeness (QED) is 0.740. The van der Waals surface area contributed by atoms with E-state index in [-0.39, 0.29) is 5.60 Å². The predicted molar refractivity (Wildman–Crippen MR) is 67.6 cm³/mol. The van der Waals surface area contributed by atoms with Gasteiger partial charge < -0.3 is 10.1 Å². The number of rotatable bonds is 1. The average molecular weight is 225 g/mol. The van der Waals surface area contributed by atoms with Crippen LogP contribution in [0.2, 0.25) is 0 Å². The first-order valence-electron chi connectivity index (χ1n) is 7.06. The molecular formula is C14H27NO. The van der Waals surface area contributed by atoms with E-state index in [1.807, 2.05) is 0 Å². The highest BCUT2D eigenvalue weighted by molar-refractivity contribution is 4.93. The summed E-state index contributed by atoms with van der Waals surface area (Å²) in [5.74, 6) is 0.942. The second-order valence-corrected chi connectivity index (χ2v) is 5.88. The first kappa shape index (κ1) is 12.4. The number of nitrogens with one attached hydrogen (secondary N) is 1. The van der Waals surface area contributed by atoms with Crippen LogP contribution >= 0.6 is 0 Å². The molecule has 1 saturated heterocycles. The summed E-state index contributed by atoms with van der Waals surface area (Å²) in [6.45, 7) is 7.83. The zero-order chi connectivity index (χ0) is 11.6. The maximum Gasteiger partial charge on any atom is 0.0810 e. The molecule has 0 aromatic rings. The summed E-state index contributed by atoms with van der Waals surface area (Å²) in [5, 5.41) is 3.63. The summed E-state index contributed by atoms with van der Waals surface area (Å²) < 4.78 is 6.34. The zero-order valence-corrected chi connectivity index (χ0v) is 11.1. The minimum atomic E-state index is 0.163. The molecule has 0 bridgehead atoms. The molecule has 2 rings (SSSR count). The lowest BCUT2D eigenvalue weighted by Gasteiger charge is -2.43. The summed E-state index contributed by atoms with van der Waals surface area (Å²) in [4.78, 5) is 0. The van der Waals surface area contributed by atoms with Gasteiger partial charge in [0.05, 0.1) is 11.7 Å². The van der Waals surface area contributed by atoms with E-state index in [1.165, 1.54) is 38.5 Å². The van der Waals surface area contributed by atoms with Gasteiger partial charge in [0.2, 0.25) is 0 Å². The van der Waals surface area contributed by atoms with Crippen molar-refractivity contribution >= 4 is 0 Å². The van der Waals surface area contributed by atoms with Gasteiger partial charge in [-0.05, 0) is 39.0 Å². The number of morpholine rings is 1. The van der Waals surface area contributed by atoms with Crippen LogP contribution in [0.15, 0.2) is 0 Å². The van der Waals surface area contributed by atoms with Gasteiger partial charge in [0, 0.05) is 12.6 Å². The largest absolute Gasteiger partial charge is 0.369 e. The molecule has 0 amide bonds. The molecule has 2 fully saturated rings. The maximum absolute atomic E-state index is 6.34. The third-order valence-corrected chi connectivity index (χ3v) is 4.72. The van der Waals surface area contributed by atoms with Gasteiger partial charge in [-0.25, -0.2) is 0 Å². The Bertz CT molecular complexity index is 231. The van der Waals surface area contributed by atoms with E-state index >= 15 is 0 Å². The highest BCUT2D eigenvalue weighted by Crippen LogP contribution is 2.36. The summed E-state index contributed by atoms with van der Waals surface area (Å²) >= 11 is 0. The SMILES string of the molecule is CCC1CCCC2(CC1)CNC(C)C(C)O2. The Hall–Kier alpha value is -0.0800. The van der Waals surface area contributed by atoms with Gasteiger partial charge in [0.1, 0.15) is 0 Å². The number of hydrogen-bond donors (Lipinski definition) is 1. The fourth-order valence-electron chi connectivity index (χ4n) is 3.20. The first-order chi connectivity index (χ1) is 7.65. The summed E-state index contributed by atoms with van der Waals surface area (Å²) in [6.07, 6.45) is 8.34. The fraction of sp³-hybridized carbons (Fsp3) is 1.00. The molecule has 4 atom stereocenters. The van der Waals surface area contributed by atoms with Crippen LogP contribution in [-0.2, 0) is 4.74 Å². The van der Waals surface area contributed by atoms with Gasteiger partial charge in [-0.2, -0.15) is 0 Å². The van der Waals surface area contributed by atoms with Crippen LogP contribution in [-0.4, -0.2) is 24.3 Å². The molecule has 1 aliphatic carbocycles. The summed E-state index contributed by atoms with van der Waals surface area (Å²) in [7, 11) is 0. The molecule has 0 aromatic carbocycles. The first-order valence-corrected chi connectivity index (χ1v) is 7.06. The Labute approximate surface area is 100 Å². The standard InChI is InChI=1S/C14H27NO/c1-4-13-6-5-8-14(9-7-13)10-15-11(2)12(3)16-14/h11-13,15H,4-10H2,1-3H3. The summed E-state index contributed by atoms with van der Waals surface area (Å²) in [6, 6.07) is 0.510. The van der Waals surface area contributed by atoms with Gasteiger partial charge in [-0.3, -0.25) is 0 Å². The normalized spacial score (nSPS) is 45.6. The molecule has 1 aliphatic heterocycles. The molecule has 1 saturated carbocycles. The minimum absolute atomic E-state index is 0.163. The van der Waals surface area contributed by atoms with Crippen molar-refractivity contribution in [3.05, 3.63) is 0 Å². The Balaban J connectivity index is 1.97. The van der Waals surface area contributed by atoms with E-state index in [4.69, 9.17) is 4.74 Å². The smallest absolute Gasteiger partial charge is 0.0810 e. The second kappa shape index (κ2) is 5.05. The lowest BCUT2D eigenvalue weighted by atomic mass is 9.90. The van der Waals surface area contributed by atoms with Crippen molar-refractivity contribution in [3.63, 3.8) is 0 Å². The van der Waals surface area contributed by atoms with E-state index in [1.54, 1.807) is 0 Å². The highest BCUT2D eigenvalue weighted by atomic mass is 16.5. The molecule has 2 heteroatoms. The maximum atomic E-state index is 6.34. The van der Waals surface area contributed by atoms with Crippen LogP contribution in [0.3, 0.4) is 0 Å². The highest BCUT2D eigenvalue weighted by Gasteiger charge is 2.39. The van der Waals surface area contributed by atoms with Crippen molar-refractivity contribution in [2.24, 2.45) is 5.92 Å². The average Bonchev–Trinajstić information content (AvgIpc) is 2.47. The molecule has 1 heterocycles. The van der Waals surface area contributed by atoms with Crippen molar-refractivity contribution in [2.45, 2.75) is 77.0 Å². The Kier molecular flexibility index (Phi) is 3.91. The third-order valence-electron chi connectivity index (χ3n) is 4.72. The van der Waals surface area contributed by atoms with Gasteiger partial charge in [0.15, 0.2) is 0 Å². The van der Waals surface area contributed by atoms with Crippen LogP contribution < -0.4 is 5.32 Å². The lowest BCUT2D eigenvalue weighted by molar-refractivity contribution is -0.132. The van der Waals surface area contributed by atoms with Crippen LogP contribution in [0.5, 0.6) is 0 Å². The van der Waals surface area contributed by atoms with Gasteiger partial charge in [-0.1, -0.05) is 26.2 Å². The van der Waals surface area contributed by atoms with E-state index in [9.17, 15) is 0 Å². The van der Waals surface area contributed by atoms with Crippen LogP contribution in [0.1, 0.15) is 59.3 Å². The summed E-state index contributed by atoms with van der Waals surface area (Å²) in [5.41, 5.74) is 0.163. The third kappa shape index (κ3) is 2.60. The van der Waals surface area contributed by atoms with Crippen molar-refractivity contribution in [2.75, 3.05) is 6.54 Å². The van der Waals surface area contributed by atoms with E-state index in [0.29, 0.717) is 12.1 Å². The molecule has 1 N–H and O–H groups in total. The van der Waals surface area contributed by atoms with Crippen molar-refractivity contribution in [3.8, 4) is 0 Å². The van der Waals surface area contributed by atoms with Crippen LogP contribution in [0, 0.1) is 5.92 Å². The molecule has 94 valence electrons. The molecule has 0 radical (unpaired) electrons. The number of hydrogen-bond acceptors (Lipinski definition) is 2. The van der Waals surface area contributed by atoms with E-state index in [2.05, 4.69) is 26.1 Å². The molecule has 16 heavy (non-hydrogen) atoms. The van der Waals surface area contributed by atoms with Crippen molar-refractivity contribution in [1.29, 1.82) is 0 Å². The Morgan fingerprint density at radius 3 is 2.75 bits per heavy atom. The molecule has 1 spiro atoms. The second-order valence-electron chi connectivity index (χ2n) is 5.88. The van der Waals surface area contributed by atoms with Gasteiger partial charge in [0.25, 0.3) is 0 Å². The topological polar surface area (TPSA) is 21.3 Å². The fourth-order valence-corrected chi connectivity index (χ4v) is 3.20. The van der Waals surface area contributed by atoms with Crippen LogP contribution in [0.25, 0.3) is 0 Å². The van der Waals surface area contributed by atoms with Gasteiger partial charge in [-0.15, -0.1) is 0 Å². The predicted octanol–water partition coefficient (Wildman–Crippen LogP) is 3.11. The minimum Gasteiger partial charge on any atom is -0.369 e. The van der Waals surface area contributed by atoms with Crippen molar-refractivity contribution in [1.82, 2.24) is 5.32 Å². The molecule has 0 aromatic heterocycles. The van der Waals surface area contributed by atoms with Crippen molar-refractivity contribution < 1.29 is 4.74 Å². The molecule has 4 unspecified atom stereocenters. The Morgan fingerprint density at radius 1 is 1.25 bits per heavy atom. The zero-order valence-electron chi connectivity index (χ0n) is 11.1. The molecule has 2 nitrogen and oxygen atoms in total. The monoisotopic (exact) mass is 225 g/mol. The lowest BCUT2D eigenvalue weighted by Crippen LogP contribution is -2.57. The molecule has 2 aliphatic rings. The van der Waals surface area contributed by atoms with Crippen LogP contribution in [0.4, 0.5) is 0 Å². The molecular weight excluding hydrogens is 198 g/mol. The Morgan fingerprint density at radius 2 is 2.06 bits per heavy atom.